The molecular weight excluding hydrogens is 209 g/mol. The molecule has 58 valence electrons. The molecule has 0 spiro atoms. The van der Waals surface area contributed by atoms with Gasteiger partial charge in [0.1, 0.15) is 5.83 Å². The van der Waals surface area contributed by atoms with Crippen LogP contribution in [-0.4, -0.2) is 5.33 Å². The summed E-state index contributed by atoms with van der Waals surface area (Å²) in [5.41, 5.74) is 0.394. The molecule has 0 saturated heterocycles. The molecule has 0 radical (unpaired) electrons. The Morgan fingerprint density at radius 1 is 1.64 bits per heavy atom. The standard InChI is InChI=1S/C8H7BrFN/c1-6(5-11)3-8(10)7(2)4-9/h3H,1-2,4H2/b8-3+. The summed E-state index contributed by atoms with van der Waals surface area (Å²) in [5, 5.41) is 8.59. The highest BCUT2D eigenvalue weighted by atomic mass is 79.9. The zero-order valence-electron chi connectivity index (χ0n) is 5.90. The van der Waals surface area contributed by atoms with E-state index in [0.717, 1.165) is 6.08 Å². The summed E-state index contributed by atoms with van der Waals surface area (Å²) in [6, 6.07) is 1.71. The molecule has 0 fully saturated rings. The molecule has 0 aromatic rings. The van der Waals surface area contributed by atoms with Crippen molar-refractivity contribution in [1.82, 2.24) is 0 Å². The Morgan fingerprint density at radius 2 is 2.18 bits per heavy atom. The Hall–Kier alpha value is -0.880. The summed E-state index contributed by atoms with van der Waals surface area (Å²) in [4.78, 5) is 0. The lowest BCUT2D eigenvalue weighted by Gasteiger charge is -1.94. The number of nitrogens with zero attached hydrogens (tertiary/aromatic N) is 1. The Labute approximate surface area is 73.7 Å². The second-order valence-corrected chi connectivity index (χ2v) is 2.43. The summed E-state index contributed by atoms with van der Waals surface area (Å²) in [7, 11) is 0. The smallest absolute Gasteiger partial charge is 0.127 e. The van der Waals surface area contributed by atoms with Gasteiger partial charge in [0.2, 0.25) is 0 Å². The van der Waals surface area contributed by atoms with Crippen LogP contribution in [0.25, 0.3) is 0 Å². The first-order valence-electron chi connectivity index (χ1n) is 2.82. The first-order chi connectivity index (χ1) is 5.11. The molecule has 0 N–H and O–H groups in total. The Morgan fingerprint density at radius 3 is 2.55 bits per heavy atom. The fourth-order valence-electron chi connectivity index (χ4n) is 0.351. The molecule has 0 atom stereocenters. The maximum Gasteiger partial charge on any atom is 0.127 e. The normalized spacial score (nSPS) is 10.5. The van der Waals surface area contributed by atoms with Crippen LogP contribution in [0.5, 0.6) is 0 Å². The zero-order valence-corrected chi connectivity index (χ0v) is 7.49. The molecule has 1 nitrogen and oxygen atoms in total. The van der Waals surface area contributed by atoms with Crippen LogP contribution < -0.4 is 0 Å². The van der Waals surface area contributed by atoms with Crippen molar-refractivity contribution in [2.24, 2.45) is 0 Å². The highest BCUT2D eigenvalue weighted by Crippen LogP contribution is 2.13. The van der Waals surface area contributed by atoms with Gasteiger partial charge in [-0.15, -0.1) is 0 Å². The van der Waals surface area contributed by atoms with Crippen molar-refractivity contribution in [2.75, 3.05) is 5.33 Å². The van der Waals surface area contributed by atoms with E-state index in [1.165, 1.54) is 0 Å². The van der Waals surface area contributed by atoms with Crippen molar-refractivity contribution >= 4 is 15.9 Å². The number of halogens is 2. The van der Waals surface area contributed by atoms with Crippen LogP contribution in [0, 0.1) is 11.3 Å². The van der Waals surface area contributed by atoms with Gasteiger partial charge in [-0.05, 0) is 11.6 Å². The van der Waals surface area contributed by atoms with E-state index in [0.29, 0.717) is 10.9 Å². The van der Waals surface area contributed by atoms with Gasteiger partial charge in [0.25, 0.3) is 0 Å². The van der Waals surface area contributed by atoms with E-state index in [2.05, 4.69) is 29.1 Å². The van der Waals surface area contributed by atoms with E-state index in [9.17, 15) is 4.39 Å². The molecule has 0 heterocycles. The van der Waals surface area contributed by atoms with Crippen LogP contribution in [0.2, 0.25) is 0 Å². The van der Waals surface area contributed by atoms with Crippen molar-refractivity contribution in [3.05, 3.63) is 36.2 Å². The molecule has 0 aliphatic rings. The summed E-state index contributed by atoms with van der Waals surface area (Å²) in [6.45, 7) is 6.72. The topological polar surface area (TPSA) is 23.8 Å². The van der Waals surface area contributed by atoms with Crippen LogP contribution >= 0.6 is 15.9 Å². The number of hydrogen-bond donors (Lipinski definition) is 0. The fraction of sp³-hybridized carbons (Fsp3) is 0.125. The fourth-order valence-corrected chi connectivity index (χ4v) is 0.619. The highest BCUT2D eigenvalue weighted by molar-refractivity contribution is 9.09. The number of allylic oxidation sites excluding steroid dienone is 4. The van der Waals surface area contributed by atoms with E-state index < -0.39 is 5.83 Å². The lowest BCUT2D eigenvalue weighted by atomic mass is 10.2. The molecule has 0 unspecified atom stereocenters. The van der Waals surface area contributed by atoms with Crippen LogP contribution in [-0.2, 0) is 0 Å². The third-order valence-corrected chi connectivity index (χ3v) is 1.62. The van der Waals surface area contributed by atoms with Gasteiger partial charge in [-0.25, -0.2) is 4.39 Å². The first-order valence-corrected chi connectivity index (χ1v) is 3.94. The van der Waals surface area contributed by atoms with E-state index in [4.69, 9.17) is 5.26 Å². The predicted octanol–water partition coefficient (Wildman–Crippen LogP) is 2.87. The van der Waals surface area contributed by atoms with Crippen LogP contribution in [0.15, 0.2) is 36.2 Å². The summed E-state index contributed by atoms with van der Waals surface area (Å²) in [5.74, 6) is -0.506. The van der Waals surface area contributed by atoms with Gasteiger partial charge in [0, 0.05) is 10.9 Å². The monoisotopic (exact) mass is 215 g/mol. The Balaban J connectivity index is 4.37. The van der Waals surface area contributed by atoms with Crippen molar-refractivity contribution in [3.63, 3.8) is 0 Å². The molecule has 0 amide bonds. The predicted molar refractivity (Wildman–Crippen MR) is 46.9 cm³/mol. The van der Waals surface area contributed by atoms with Gasteiger partial charge in [-0.1, -0.05) is 29.1 Å². The molecule has 11 heavy (non-hydrogen) atoms. The minimum Gasteiger partial charge on any atom is -0.207 e. The number of hydrogen-bond acceptors (Lipinski definition) is 1. The van der Waals surface area contributed by atoms with Crippen molar-refractivity contribution in [1.29, 1.82) is 5.26 Å². The molecule has 0 aliphatic carbocycles. The maximum absolute atomic E-state index is 12.8. The van der Waals surface area contributed by atoms with Crippen molar-refractivity contribution in [3.8, 4) is 6.07 Å². The highest BCUT2D eigenvalue weighted by Gasteiger charge is 1.99. The van der Waals surface area contributed by atoms with Crippen molar-refractivity contribution < 1.29 is 4.39 Å². The maximum atomic E-state index is 12.8. The summed E-state index contributed by atoms with van der Waals surface area (Å²) in [6.07, 6.45) is 1.06. The third kappa shape index (κ3) is 3.74. The van der Waals surface area contributed by atoms with Gasteiger partial charge in [0.15, 0.2) is 0 Å². The molecule has 0 aromatic carbocycles. The third-order valence-electron chi connectivity index (χ3n) is 0.944. The second kappa shape index (κ2) is 4.86. The van der Waals surface area contributed by atoms with Crippen molar-refractivity contribution in [2.45, 2.75) is 0 Å². The minimum absolute atomic E-state index is 0.0876. The van der Waals surface area contributed by atoms with Gasteiger partial charge < -0.3 is 0 Å². The van der Waals surface area contributed by atoms with Gasteiger partial charge in [0.05, 0.1) is 6.07 Å². The van der Waals surface area contributed by atoms with Crippen LogP contribution in [0.1, 0.15) is 0 Å². The van der Waals surface area contributed by atoms with Gasteiger partial charge >= 0.3 is 0 Å². The van der Waals surface area contributed by atoms with E-state index in [1.807, 2.05) is 0 Å². The molecule has 0 saturated carbocycles. The Kier molecular flexibility index (Phi) is 4.47. The van der Waals surface area contributed by atoms with E-state index >= 15 is 0 Å². The second-order valence-electron chi connectivity index (χ2n) is 1.87. The molecular formula is C8H7BrFN. The summed E-state index contributed by atoms with van der Waals surface area (Å²) >= 11 is 3.03. The number of alkyl halides is 1. The molecule has 0 bridgehead atoms. The lowest BCUT2D eigenvalue weighted by molar-refractivity contribution is 0.653. The van der Waals surface area contributed by atoms with Gasteiger partial charge in [-0.3, -0.25) is 0 Å². The van der Waals surface area contributed by atoms with E-state index in [1.54, 1.807) is 6.07 Å². The molecule has 0 aromatic heterocycles. The van der Waals surface area contributed by atoms with Crippen LogP contribution in [0.3, 0.4) is 0 Å². The SMILES string of the molecule is C=C(C#N)/C=C(/F)C(=C)CBr. The quantitative estimate of drug-likeness (QED) is 0.404. The minimum atomic E-state index is -0.506. The average Bonchev–Trinajstić information content (AvgIpc) is 2.02. The largest absolute Gasteiger partial charge is 0.207 e. The summed E-state index contributed by atoms with van der Waals surface area (Å²) < 4.78 is 12.8. The van der Waals surface area contributed by atoms with Crippen LogP contribution in [0.4, 0.5) is 4.39 Å². The Bertz CT molecular complexity index is 247. The molecule has 0 aliphatic heterocycles. The molecule has 0 rings (SSSR count). The van der Waals surface area contributed by atoms with E-state index in [-0.39, 0.29) is 5.57 Å². The molecule has 3 heteroatoms. The van der Waals surface area contributed by atoms with Gasteiger partial charge in [-0.2, -0.15) is 5.26 Å². The lowest BCUT2D eigenvalue weighted by Crippen LogP contribution is -1.83. The average molecular weight is 216 g/mol. The number of rotatable bonds is 3. The number of nitriles is 1. The zero-order chi connectivity index (χ0) is 8.85. The first kappa shape index (κ1) is 10.1.